The number of aromatic amines is 1. The van der Waals surface area contributed by atoms with Crippen LogP contribution in [0.5, 0.6) is 0 Å². The number of nitrogens with one attached hydrogen (secondary N) is 1. The third-order valence-electron chi connectivity index (χ3n) is 8.19. The summed E-state index contributed by atoms with van der Waals surface area (Å²) < 4.78 is 5.58. The van der Waals surface area contributed by atoms with Gasteiger partial charge in [0.25, 0.3) is 0 Å². The summed E-state index contributed by atoms with van der Waals surface area (Å²) in [5.41, 5.74) is 3.95. The number of hydrogen-bond donors (Lipinski definition) is 1. The maximum absolute atomic E-state index is 12.7. The number of rotatable bonds is 6. The number of ether oxygens (including phenoxy) is 1. The normalized spacial score (nSPS) is 18.7. The zero-order chi connectivity index (χ0) is 27.9. The van der Waals surface area contributed by atoms with Crippen molar-refractivity contribution in [2.24, 2.45) is 5.41 Å². The lowest BCUT2D eigenvalue weighted by Crippen LogP contribution is -2.59. The molecule has 208 valence electrons. The summed E-state index contributed by atoms with van der Waals surface area (Å²) in [6, 6.07) is 6.49. The number of carbonyl (C=O) groups is 1. The number of likely N-dealkylation sites (tertiary alicyclic amines) is 1. The molecule has 1 spiro atoms. The quantitative estimate of drug-likeness (QED) is 0.469. The fraction of sp³-hybridized carbons (Fsp3) is 0.483. The lowest BCUT2D eigenvalue weighted by molar-refractivity contribution is -0.136. The minimum absolute atomic E-state index is 0.0164. The van der Waals surface area contributed by atoms with Crippen LogP contribution in [0.4, 0.5) is 11.8 Å². The monoisotopic (exact) mass is 541 g/mol. The van der Waals surface area contributed by atoms with E-state index in [0.29, 0.717) is 49.3 Å². The Kier molecular flexibility index (Phi) is 6.90. The molecule has 0 bridgehead atoms. The van der Waals surface area contributed by atoms with Crippen molar-refractivity contribution < 1.29 is 9.53 Å². The van der Waals surface area contributed by atoms with E-state index in [1.165, 1.54) is 0 Å². The van der Waals surface area contributed by atoms with Gasteiger partial charge in [0.15, 0.2) is 5.82 Å². The van der Waals surface area contributed by atoms with Crippen molar-refractivity contribution in [3.8, 4) is 17.3 Å². The Morgan fingerprint density at radius 1 is 1.18 bits per heavy atom. The highest BCUT2D eigenvalue weighted by atomic mass is 16.5. The van der Waals surface area contributed by atoms with Crippen LogP contribution < -0.4 is 9.80 Å². The Morgan fingerprint density at radius 3 is 2.73 bits per heavy atom. The maximum atomic E-state index is 12.7. The van der Waals surface area contributed by atoms with Crippen LogP contribution >= 0.6 is 0 Å². The Balaban J connectivity index is 1.34. The molecule has 0 radical (unpaired) electrons. The Morgan fingerprint density at radius 2 is 1.98 bits per heavy atom. The van der Waals surface area contributed by atoms with Crippen molar-refractivity contribution in [1.82, 2.24) is 30.0 Å². The van der Waals surface area contributed by atoms with Crippen molar-refractivity contribution in [3.05, 3.63) is 41.6 Å². The highest BCUT2D eigenvalue weighted by Crippen LogP contribution is 2.43. The number of nitriles is 1. The molecule has 11 heteroatoms. The van der Waals surface area contributed by atoms with Gasteiger partial charge in [-0.1, -0.05) is 12.1 Å². The molecule has 0 unspecified atom stereocenters. The first kappa shape index (κ1) is 26.2. The number of aryl methyl sites for hydroxylation is 1. The molecule has 3 aliphatic heterocycles. The van der Waals surface area contributed by atoms with Gasteiger partial charge < -0.3 is 24.3 Å². The topological polar surface area (TPSA) is 118 Å². The number of nitrogens with zero attached hydrogens (tertiary/aromatic N) is 8. The average molecular weight is 542 g/mol. The van der Waals surface area contributed by atoms with E-state index in [-0.39, 0.29) is 11.3 Å². The summed E-state index contributed by atoms with van der Waals surface area (Å²) in [6.45, 7) is 8.37. The number of H-pyrrole nitrogens is 1. The highest BCUT2D eigenvalue weighted by molar-refractivity contribution is 5.97. The number of hydrogen-bond acceptors (Lipinski definition) is 9. The number of likely N-dealkylation sites (N-methyl/N-ethyl adjacent to an activating group) is 1. The molecule has 6 rings (SSSR count). The molecule has 3 aromatic rings. The molecular weight excluding hydrogens is 506 g/mol. The first-order chi connectivity index (χ1) is 19.4. The fourth-order valence-electron chi connectivity index (χ4n) is 6.06. The number of aromatic nitrogens is 4. The second kappa shape index (κ2) is 10.5. The number of morpholine rings is 1. The van der Waals surface area contributed by atoms with E-state index in [0.717, 1.165) is 61.2 Å². The molecule has 40 heavy (non-hydrogen) atoms. The van der Waals surface area contributed by atoms with E-state index in [1.807, 2.05) is 49.0 Å². The van der Waals surface area contributed by atoms with Gasteiger partial charge in [-0.2, -0.15) is 15.3 Å². The standard InChI is InChI=1S/C29H35N9O2/c1-20-6-7-23-22(16-31-34-23)25(20)26-21(15-30)27(33-28(32-26)36-11-13-40-14-12-36)37-10-8-29(17-37)18-38(19-29)24(39)5-4-9-35(2)3/h4-7,16H,8-14,17-19H2,1-3H3,(H,31,34)/b5-4+. The van der Waals surface area contributed by atoms with Gasteiger partial charge in [-0.25, -0.2) is 4.98 Å². The number of anilines is 2. The van der Waals surface area contributed by atoms with Crippen molar-refractivity contribution in [3.63, 3.8) is 0 Å². The largest absolute Gasteiger partial charge is 0.378 e. The number of benzene rings is 1. The molecule has 1 N–H and O–H groups in total. The molecule has 2 aromatic heterocycles. The van der Waals surface area contributed by atoms with Gasteiger partial charge in [0.05, 0.1) is 30.6 Å². The van der Waals surface area contributed by atoms with E-state index in [1.54, 1.807) is 12.3 Å². The zero-order valence-electron chi connectivity index (χ0n) is 23.4. The summed E-state index contributed by atoms with van der Waals surface area (Å²) in [4.78, 5) is 31.0. The third-order valence-corrected chi connectivity index (χ3v) is 8.19. The van der Waals surface area contributed by atoms with Gasteiger partial charge in [0.1, 0.15) is 11.6 Å². The molecule has 11 nitrogen and oxygen atoms in total. The lowest BCUT2D eigenvalue weighted by atomic mass is 9.79. The van der Waals surface area contributed by atoms with Gasteiger partial charge in [0, 0.05) is 68.3 Å². The summed E-state index contributed by atoms with van der Waals surface area (Å²) in [6.07, 6.45) is 6.33. The Hall–Kier alpha value is -4.01. The second-order valence-corrected chi connectivity index (χ2v) is 11.4. The predicted octanol–water partition coefficient (Wildman–Crippen LogP) is 2.19. The molecule has 1 amide bonds. The van der Waals surface area contributed by atoms with Gasteiger partial charge in [-0.3, -0.25) is 9.89 Å². The van der Waals surface area contributed by atoms with Gasteiger partial charge in [-0.15, -0.1) is 0 Å². The van der Waals surface area contributed by atoms with Crippen molar-refractivity contribution >= 4 is 28.6 Å². The second-order valence-electron chi connectivity index (χ2n) is 11.4. The number of fused-ring (bicyclic) bond motifs is 1. The van der Waals surface area contributed by atoms with Crippen LogP contribution in [0.25, 0.3) is 22.2 Å². The first-order valence-corrected chi connectivity index (χ1v) is 13.8. The summed E-state index contributed by atoms with van der Waals surface area (Å²) in [5, 5.41) is 18.7. The van der Waals surface area contributed by atoms with Gasteiger partial charge in [-0.05, 0) is 39.1 Å². The number of carbonyl (C=O) groups excluding carboxylic acids is 1. The maximum Gasteiger partial charge on any atom is 0.246 e. The molecule has 5 heterocycles. The third kappa shape index (κ3) is 4.78. The van der Waals surface area contributed by atoms with E-state index < -0.39 is 0 Å². The van der Waals surface area contributed by atoms with Gasteiger partial charge in [0.2, 0.25) is 11.9 Å². The van der Waals surface area contributed by atoms with E-state index >= 15 is 0 Å². The highest BCUT2D eigenvalue weighted by Gasteiger charge is 2.49. The zero-order valence-corrected chi connectivity index (χ0v) is 23.4. The smallest absolute Gasteiger partial charge is 0.246 e. The fourth-order valence-corrected chi connectivity index (χ4v) is 6.06. The summed E-state index contributed by atoms with van der Waals surface area (Å²) in [7, 11) is 3.96. The minimum Gasteiger partial charge on any atom is -0.378 e. The summed E-state index contributed by atoms with van der Waals surface area (Å²) in [5.74, 6) is 1.34. The van der Waals surface area contributed by atoms with Crippen LogP contribution in [0.3, 0.4) is 0 Å². The molecule has 1 aromatic carbocycles. The molecule has 3 saturated heterocycles. The van der Waals surface area contributed by atoms with E-state index in [9.17, 15) is 10.1 Å². The number of amides is 1. The van der Waals surface area contributed by atoms with Crippen LogP contribution in [0.1, 0.15) is 17.5 Å². The van der Waals surface area contributed by atoms with E-state index in [4.69, 9.17) is 14.7 Å². The van der Waals surface area contributed by atoms with Crippen molar-refractivity contribution in [2.45, 2.75) is 13.3 Å². The van der Waals surface area contributed by atoms with Crippen molar-refractivity contribution in [1.29, 1.82) is 5.26 Å². The molecule has 3 aliphatic rings. The first-order valence-electron chi connectivity index (χ1n) is 13.8. The van der Waals surface area contributed by atoms with Crippen LogP contribution in [0, 0.1) is 23.7 Å². The molecule has 0 aliphatic carbocycles. The van der Waals surface area contributed by atoms with Crippen LogP contribution in [0.15, 0.2) is 30.5 Å². The van der Waals surface area contributed by atoms with Gasteiger partial charge >= 0.3 is 0 Å². The van der Waals surface area contributed by atoms with Crippen LogP contribution in [-0.2, 0) is 9.53 Å². The van der Waals surface area contributed by atoms with E-state index in [2.05, 4.69) is 26.1 Å². The Bertz CT molecular complexity index is 1490. The molecule has 0 saturated carbocycles. The molecule has 3 fully saturated rings. The van der Waals surface area contributed by atoms with Crippen LogP contribution in [0.2, 0.25) is 0 Å². The van der Waals surface area contributed by atoms with Crippen molar-refractivity contribution in [2.75, 3.05) is 82.9 Å². The minimum atomic E-state index is 0.0164. The SMILES string of the molecule is Cc1ccc2[nH]ncc2c1-c1nc(N2CCOCC2)nc(N2CCC3(CN(C(=O)/C=C/CN(C)C)C3)C2)c1C#N. The predicted molar refractivity (Wildman–Crippen MR) is 153 cm³/mol. The molecular formula is C29H35N9O2. The molecule has 0 atom stereocenters. The Labute approximate surface area is 234 Å². The lowest BCUT2D eigenvalue weighted by Gasteiger charge is -2.47. The summed E-state index contributed by atoms with van der Waals surface area (Å²) >= 11 is 0. The average Bonchev–Trinajstić information content (AvgIpc) is 3.60. The van der Waals surface area contributed by atoms with Crippen LogP contribution in [-0.4, -0.2) is 109 Å².